The van der Waals surface area contributed by atoms with Gasteiger partial charge in [0.05, 0.1) is 0 Å². The summed E-state index contributed by atoms with van der Waals surface area (Å²) < 4.78 is 1.63. The van der Waals surface area contributed by atoms with Crippen LogP contribution in [0, 0.1) is 23.7 Å². The molecule has 2 aromatic rings. The molecule has 1 N–H and O–H groups in total. The van der Waals surface area contributed by atoms with Crippen LogP contribution in [0.3, 0.4) is 0 Å². The van der Waals surface area contributed by atoms with Crippen LogP contribution in [-0.2, 0) is 0 Å². The van der Waals surface area contributed by atoms with Gasteiger partial charge in [0.25, 0.3) is 0 Å². The summed E-state index contributed by atoms with van der Waals surface area (Å²) >= 11 is 1.39. The molecule has 0 aliphatic rings. The lowest BCUT2D eigenvalue weighted by Crippen LogP contribution is -2.20. The van der Waals surface area contributed by atoms with E-state index in [1.807, 2.05) is 31.4 Å². The van der Waals surface area contributed by atoms with Crippen molar-refractivity contribution in [2.45, 2.75) is 11.9 Å². The fourth-order valence-electron chi connectivity index (χ4n) is 1.55. The van der Waals surface area contributed by atoms with Gasteiger partial charge in [-0.25, -0.2) is 4.98 Å². The summed E-state index contributed by atoms with van der Waals surface area (Å²) in [7, 11) is 0. The fourth-order valence-corrected chi connectivity index (χ4v) is 2.08. The second-order valence-electron chi connectivity index (χ2n) is 3.34. The average Bonchev–Trinajstić information content (AvgIpc) is 2.30. The molecule has 2 heterocycles. The number of hydrogen-bond acceptors (Lipinski definition) is 4. The monoisotopic (exact) mass is 230 g/mol. The third kappa shape index (κ3) is 1.48. The van der Waals surface area contributed by atoms with Gasteiger partial charge in [0.1, 0.15) is 22.3 Å². The summed E-state index contributed by atoms with van der Waals surface area (Å²) in [5.41, 5.74) is 2.25. The van der Waals surface area contributed by atoms with Gasteiger partial charge in [-0.2, -0.15) is 5.26 Å². The SMILES string of the molecule is CSc1nc2c(C)cccn2c(=N)c1C#N. The Morgan fingerprint density at radius 2 is 2.31 bits per heavy atom. The summed E-state index contributed by atoms with van der Waals surface area (Å²) in [6, 6.07) is 5.83. The molecule has 0 aliphatic heterocycles. The van der Waals surface area contributed by atoms with E-state index in [4.69, 9.17) is 10.7 Å². The molecule has 0 radical (unpaired) electrons. The minimum absolute atomic E-state index is 0.195. The highest BCUT2D eigenvalue weighted by Crippen LogP contribution is 2.16. The lowest BCUT2D eigenvalue weighted by atomic mass is 10.3. The van der Waals surface area contributed by atoms with Crippen LogP contribution in [0.15, 0.2) is 23.4 Å². The van der Waals surface area contributed by atoms with E-state index in [9.17, 15) is 0 Å². The first-order chi connectivity index (χ1) is 7.69. The molecule has 0 aromatic carbocycles. The summed E-state index contributed by atoms with van der Waals surface area (Å²) in [5, 5.41) is 17.6. The Hall–Kier alpha value is -1.80. The van der Waals surface area contributed by atoms with Crippen LogP contribution in [0.5, 0.6) is 0 Å². The highest BCUT2D eigenvalue weighted by molar-refractivity contribution is 7.98. The molecule has 16 heavy (non-hydrogen) atoms. The van der Waals surface area contributed by atoms with Crippen molar-refractivity contribution < 1.29 is 0 Å². The Morgan fingerprint density at radius 3 is 2.94 bits per heavy atom. The van der Waals surface area contributed by atoms with Gasteiger partial charge in [-0.05, 0) is 24.8 Å². The van der Waals surface area contributed by atoms with Crippen LogP contribution in [0.25, 0.3) is 5.65 Å². The van der Waals surface area contributed by atoms with Crippen molar-refractivity contribution >= 4 is 17.4 Å². The predicted molar refractivity (Wildman–Crippen MR) is 62.3 cm³/mol. The Morgan fingerprint density at radius 1 is 1.56 bits per heavy atom. The Kier molecular flexibility index (Phi) is 2.67. The van der Waals surface area contributed by atoms with Crippen molar-refractivity contribution in [3.63, 3.8) is 0 Å². The number of nitrogens with one attached hydrogen (secondary N) is 1. The van der Waals surface area contributed by atoms with Gasteiger partial charge in [0.15, 0.2) is 5.49 Å². The van der Waals surface area contributed by atoms with Gasteiger partial charge in [-0.3, -0.25) is 9.81 Å². The lowest BCUT2D eigenvalue weighted by Gasteiger charge is -2.07. The van der Waals surface area contributed by atoms with Crippen molar-refractivity contribution in [3.8, 4) is 6.07 Å². The molecule has 5 heteroatoms. The van der Waals surface area contributed by atoms with E-state index in [1.165, 1.54) is 11.8 Å². The topological polar surface area (TPSA) is 64.9 Å². The minimum atomic E-state index is 0.195. The van der Waals surface area contributed by atoms with Crippen molar-refractivity contribution in [2.24, 2.45) is 0 Å². The lowest BCUT2D eigenvalue weighted by molar-refractivity contribution is 0.909. The molecule has 0 saturated carbocycles. The molecule has 0 aliphatic carbocycles. The zero-order valence-electron chi connectivity index (χ0n) is 8.98. The number of aromatic nitrogens is 2. The zero-order chi connectivity index (χ0) is 11.7. The number of nitriles is 1. The molecule has 0 amide bonds. The number of fused-ring (bicyclic) bond motifs is 1. The van der Waals surface area contributed by atoms with Crippen LogP contribution in [0.1, 0.15) is 11.1 Å². The van der Waals surface area contributed by atoms with Gasteiger partial charge < -0.3 is 0 Å². The Bertz CT molecular complexity index is 651. The number of aryl methyl sites for hydroxylation is 1. The number of pyridine rings is 1. The second-order valence-corrected chi connectivity index (χ2v) is 4.14. The molecule has 0 atom stereocenters. The van der Waals surface area contributed by atoms with E-state index in [0.29, 0.717) is 10.6 Å². The van der Waals surface area contributed by atoms with Crippen molar-refractivity contribution in [3.05, 3.63) is 34.9 Å². The predicted octanol–water partition coefficient (Wildman–Crippen LogP) is 1.72. The maximum atomic E-state index is 9.02. The molecule has 0 bridgehead atoms. The van der Waals surface area contributed by atoms with Crippen LogP contribution < -0.4 is 5.49 Å². The molecule has 0 unspecified atom stereocenters. The van der Waals surface area contributed by atoms with Crippen molar-refractivity contribution in [1.82, 2.24) is 9.38 Å². The Balaban J connectivity index is 3.01. The quantitative estimate of drug-likeness (QED) is 0.599. The normalized spacial score (nSPS) is 10.3. The molecule has 0 spiro atoms. The highest BCUT2D eigenvalue weighted by atomic mass is 32.2. The largest absolute Gasteiger partial charge is 0.285 e. The van der Waals surface area contributed by atoms with Crippen LogP contribution in [0.2, 0.25) is 0 Å². The van der Waals surface area contributed by atoms with Gasteiger partial charge in [0.2, 0.25) is 0 Å². The summed E-state index contributed by atoms with van der Waals surface area (Å²) in [6.45, 7) is 1.94. The standard InChI is InChI=1S/C11H10N4S/c1-7-4-3-5-15-9(13)8(6-12)11(16-2)14-10(7)15/h3-5,13H,1-2H3. The maximum Gasteiger partial charge on any atom is 0.151 e. The van der Waals surface area contributed by atoms with E-state index in [-0.39, 0.29) is 5.49 Å². The summed E-state index contributed by atoms with van der Waals surface area (Å²) in [5.74, 6) is 0. The maximum absolute atomic E-state index is 9.02. The zero-order valence-corrected chi connectivity index (χ0v) is 9.80. The molecule has 4 nitrogen and oxygen atoms in total. The van der Waals surface area contributed by atoms with E-state index in [0.717, 1.165) is 11.2 Å². The van der Waals surface area contributed by atoms with E-state index >= 15 is 0 Å². The van der Waals surface area contributed by atoms with Crippen molar-refractivity contribution in [2.75, 3.05) is 6.26 Å². The van der Waals surface area contributed by atoms with Crippen molar-refractivity contribution in [1.29, 1.82) is 10.7 Å². The Labute approximate surface area is 97.1 Å². The smallest absolute Gasteiger partial charge is 0.151 e. The number of nitrogens with zero attached hydrogens (tertiary/aromatic N) is 3. The molecule has 0 fully saturated rings. The average molecular weight is 230 g/mol. The number of rotatable bonds is 1. The van der Waals surface area contributed by atoms with Gasteiger partial charge >= 0.3 is 0 Å². The third-order valence-corrected chi connectivity index (χ3v) is 3.05. The molecule has 0 saturated heterocycles. The van der Waals surface area contributed by atoms with Crippen LogP contribution >= 0.6 is 11.8 Å². The van der Waals surface area contributed by atoms with E-state index < -0.39 is 0 Å². The van der Waals surface area contributed by atoms with E-state index in [2.05, 4.69) is 4.98 Å². The molecule has 2 rings (SSSR count). The van der Waals surface area contributed by atoms with Gasteiger partial charge in [-0.15, -0.1) is 11.8 Å². The molecular formula is C11H10N4S. The first kappa shape index (κ1) is 10.7. The fraction of sp³-hybridized carbons (Fsp3) is 0.182. The first-order valence-corrected chi connectivity index (χ1v) is 5.92. The third-order valence-electron chi connectivity index (χ3n) is 2.37. The second kappa shape index (κ2) is 3.99. The molecular weight excluding hydrogens is 220 g/mol. The first-order valence-electron chi connectivity index (χ1n) is 4.69. The highest BCUT2D eigenvalue weighted by Gasteiger charge is 2.09. The van der Waals surface area contributed by atoms with Gasteiger partial charge in [-0.1, -0.05) is 6.07 Å². The van der Waals surface area contributed by atoms with Crippen LogP contribution in [-0.4, -0.2) is 15.6 Å². The van der Waals surface area contributed by atoms with Crippen LogP contribution in [0.4, 0.5) is 0 Å². The molecule has 80 valence electrons. The number of thioether (sulfide) groups is 1. The minimum Gasteiger partial charge on any atom is -0.285 e. The van der Waals surface area contributed by atoms with Gasteiger partial charge in [0, 0.05) is 6.20 Å². The summed E-state index contributed by atoms with van der Waals surface area (Å²) in [6.07, 6.45) is 3.61. The summed E-state index contributed by atoms with van der Waals surface area (Å²) in [4.78, 5) is 4.41. The number of hydrogen-bond donors (Lipinski definition) is 1. The van der Waals surface area contributed by atoms with E-state index in [1.54, 1.807) is 10.6 Å². The molecule has 2 aromatic heterocycles.